The number of hydrogen-bond acceptors (Lipinski definition) is 7. The minimum Gasteiger partial charge on any atom is -0.383 e. The van der Waals surface area contributed by atoms with Crippen molar-refractivity contribution < 1.29 is 13.2 Å². The van der Waals surface area contributed by atoms with Gasteiger partial charge in [0.25, 0.3) is 0 Å². The highest BCUT2D eigenvalue weighted by molar-refractivity contribution is 7.99. The molecule has 0 aromatic carbocycles. The molecule has 0 spiro atoms. The van der Waals surface area contributed by atoms with E-state index >= 15 is 0 Å². The van der Waals surface area contributed by atoms with Gasteiger partial charge in [-0.3, -0.25) is 0 Å². The number of nitrogens with one attached hydrogen (secondary N) is 1. The number of thiophene rings is 1. The summed E-state index contributed by atoms with van der Waals surface area (Å²) in [7, 11) is -1.96. The maximum Gasteiger partial charge on any atom is 0.247 e. The molecule has 120 valence electrons. The minimum absolute atomic E-state index is 0.129. The molecule has 2 heterocycles. The third kappa shape index (κ3) is 4.41. The lowest BCUT2D eigenvalue weighted by atomic mass is 10.1. The average Bonchev–Trinajstić information content (AvgIpc) is 2.86. The van der Waals surface area contributed by atoms with Crippen LogP contribution in [-0.2, 0) is 14.8 Å². The summed E-state index contributed by atoms with van der Waals surface area (Å²) >= 11 is 2.83. The van der Waals surface area contributed by atoms with Crippen LogP contribution in [0, 0.1) is 0 Å². The summed E-state index contributed by atoms with van der Waals surface area (Å²) < 4.78 is 31.6. The van der Waals surface area contributed by atoms with Crippen LogP contribution in [0.25, 0.3) is 0 Å². The Kier molecular flexibility index (Phi) is 6.06. The molecule has 0 radical (unpaired) electrons. The molecule has 0 saturated carbocycles. The van der Waals surface area contributed by atoms with Gasteiger partial charge < -0.3 is 10.1 Å². The second-order valence-electron chi connectivity index (χ2n) is 4.83. The molecule has 1 aromatic rings. The van der Waals surface area contributed by atoms with Crippen molar-refractivity contribution in [1.82, 2.24) is 9.62 Å². The lowest BCUT2D eigenvalue weighted by Crippen LogP contribution is -2.36. The van der Waals surface area contributed by atoms with Gasteiger partial charge in [-0.15, -0.1) is 11.3 Å². The average molecular weight is 352 g/mol. The fraction of sp³-hybridized carbons (Fsp3) is 0.667. The van der Waals surface area contributed by atoms with E-state index in [0.717, 1.165) is 35.8 Å². The van der Waals surface area contributed by atoms with E-state index in [2.05, 4.69) is 16.5 Å². The monoisotopic (exact) mass is 351 g/mol. The van der Waals surface area contributed by atoms with Crippen LogP contribution in [0.3, 0.4) is 0 Å². The molecule has 2 rings (SSSR count). The van der Waals surface area contributed by atoms with E-state index in [0.29, 0.717) is 6.61 Å². The molecular weight excluding hydrogens is 330 g/mol. The molecule has 9 heteroatoms. The van der Waals surface area contributed by atoms with Crippen molar-refractivity contribution in [2.75, 3.05) is 33.4 Å². The number of fused-ring (bicyclic) bond motifs is 1. The molecule has 0 fully saturated rings. The number of nitrogens with two attached hydrogens (primary N) is 1. The van der Waals surface area contributed by atoms with Crippen molar-refractivity contribution in [2.45, 2.75) is 27.8 Å². The van der Waals surface area contributed by atoms with Crippen LogP contribution in [0.4, 0.5) is 0 Å². The Morgan fingerprint density at radius 2 is 2.33 bits per heavy atom. The van der Waals surface area contributed by atoms with Crippen LogP contribution < -0.4 is 10.5 Å². The molecule has 0 unspecified atom stereocenters. The van der Waals surface area contributed by atoms with Gasteiger partial charge in [0.15, 0.2) is 0 Å². The standard InChI is InChI=1S/C12H21N3O3S3/c1-3-4-14-10-8-15(5-6-18-2)20-12-9(10)7-11(19-12)21(13,16)17/h7,10,14H,3-6,8H2,1-2H3,(H2,13,16,17)/t10-/m0/s1. The summed E-state index contributed by atoms with van der Waals surface area (Å²) in [6.07, 6.45) is 1.03. The molecule has 1 aliphatic heterocycles. The van der Waals surface area contributed by atoms with E-state index < -0.39 is 10.0 Å². The van der Waals surface area contributed by atoms with Gasteiger partial charge in [0.1, 0.15) is 4.21 Å². The van der Waals surface area contributed by atoms with E-state index in [4.69, 9.17) is 9.88 Å². The Hall–Kier alpha value is -0.160. The molecule has 1 aliphatic rings. The molecule has 6 nitrogen and oxygen atoms in total. The summed E-state index contributed by atoms with van der Waals surface area (Å²) in [5, 5.41) is 8.72. The van der Waals surface area contributed by atoms with Crippen molar-refractivity contribution in [3.63, 3.8) is 0 Å². The fourth-order valence-corrected chi connectivity index (χ4v) is 5.62. The van der Waals surface area contributed by atoms with Gasteiger partial charge in [-0.05, 0) is 36.5 Å². The summed E-state index contributed by atoms with van der Waals surface area (Å²) in [5.41, 5.74) is 1.04. The summed E-state index contributed by atoms with van der Waals surface area (Å²) in [6, 6.07) is 1.84. The number of methoxy groups -OCH3 is 1. The number of nitrogens with zero attached hydrogens (tertiary/aromatic N) is 1. The summed E-state index contributed by atoms with van der Waals surface area (Å²) in [4.78, 5) is 0. The predicted octanol–water partition coefficient (Wildman–Crippen LogP) is 1.41. The highest BCUT2D eigenvalue weighted by Crippen LogP contribution is 2.43. The maximum absolute atomic E-state index is 11.5. The number of hydrogen-bond donors (Lipinski definition) is 2. The molecule has 1 atom stereocenters. The molecule has 1 aromatic heterocycles. The lowest BCUT2D eigenvalue weighted by Gasteiger charge is -2.31. The smallest absolute Gasteiger partial charge is 0.247 e. The van der Waals surface area contributed by atoms with Gasteiger partial charge in [-0.2, -0.15) is 0 Å². The van der Waals surface area contributed by atoms with E-state index in [1.807, 2.05) is 0 Å². The van der Waals surface area contributed by atoms with Gasteiger partial charge in [0.05, 0.1) is 10.8 Å². The van der Waals surface area contributed by atoms with E-state index in [-0.39, 0.29) is 10.3 Å². The molecule has 0 amide bonds. The number of ether oxygens (including phenoxy) is 1. The highest BCUT2D eigenvalue weighted by atomic mass is 32.3. The zero-order valence-electron chi connectivity index (χ0n) is 12.2. The maximum atomic E-state index is 11.5. The Bertz CT molecular complexity index is 574. The van der Waals surface area contributed by atoms with Crippen molar-refractivity contribution in [3.05, 3.63) is 11.6 Å². The summed E-state index contributed by atoms with van der Waals surface area (Å²) in [5.74, 6) is 0. The fourth-order valence-electron chi connectivity index (χ4n) is 2.10. The number of primary sulfonamides is 1. The first-order chi connectivity index (χ1) is 9.95. The van der Waals surface area contributed by atoms with Gasteiger partial charge in [-0.25, -0.2) is 17.9 Å². The molecule has 0 bridgehead atoms. The SMILES string of the molecule is CCCN[C@H]1CN(CCOC)Sc2sc(S(N)(=O)=O)cc21. The largest absolute Gasteiger partial charge is 0.383 e. The van der Waals surface area contributed by atoms with Crippen molar-refractivity contribution in [1.29, 1.82) is 0 Å². The van der Waals surface area contributed by atoms with Gasteiger partial charge in [-0.1, -0.05) is 6.92 Å². The van der Waals surface area contributed by atoms with Crippen LogP contribution in [0.15, 0.2) is 14.5 Å². The third-order valence-corrected chi connectivity index (χ3v) is 6.97. The number of sulfonamides is 1. The molecule has 0 aliphatic carbocycles. The molecule has 3 N–H and O–H groups in total. The van der Waals surface area contributed by atoms with E-state index in [9.17, 15) is 8.42 Å². The zero-order valence-corrected chi connectivity index (χ0v) is 14.6. The minimum atomic E-state index is -3.64. The van der Waals surface area contributed by atoms with Crippen LogP contribution in [0.5, 0.6) is 0 Å². The first-order valence-corrected chi connectivity index (χ1v) is 9.91. The summed E-state index contributed by atoms with van der Waals surface area (Å²) in [6.45, 7) is 5.27. The lowest BCUT2D eigenvalue weighted by molar-refractivity contribution is 0.178. The van der Waals surface area contributed by atoms with Gasteiger partial charge >= 0.3 is 0 Å². The quantitative estimate of drug-likeness (QED) is 0.723. The molecule has 21 heavy (non-hydrogen) atoms. The second kappa shape index (κ2) is 7.40. The predicted molar refractivity (Wildman–Crippen MR) is 86.0 cm³/mol. The number of rotatable bonds is 7. The van der Waals surface area contributed by atoms with E-state index in [1.54, 1.807) is 25.1 Å². The van der Waals surface area contributed by atoms with Crippen LogP contribution in [-0.4, -0.2) is 46.1 Å². The van der Waals surface area contributed by atoms with Gasteiger partial charge in [0, 0.05) is 26.2 Å². The topological polar surface area (TPSA) is 84.7 Å². The molecule has 0 saturated heterocycles. The Morgan fingerprint density at radius 3 is 2.95 bits per heavy atom. The first-order valence-electron chi connectivity index (χ1n) is 6.77. The van der Waals surface area contributed by atoms with Gasteiger partial charge in [0.2, 0.25) is 10.0 Å². The van der Waals surface area contributed by atoms with Crippen molar-refractivity contribution >= 4 is 33.3 Å². The Balaban J connectivity index is 2.24. The normalized spacial score (nSPS) is 19.7. The van der Waals surface area contributed by atoms with Crippen LogP contribution in [0.2, 0.25) is 0 Å². The van der Waals surface area contributed by atoms with Crippen molar-refractivity contribution in [2.24, 2.45) is 5.14 Å². The van der Waals surface area contributed by atoms with E-state index in [1.165, 1.54) is 11.3 Å². The highest BCUT2D eigenvalue weighted by Gasteiger charge is 2.30. The Labute approximate surface area is 134 Å². The zero-order chi connectivity index (χ0) is 15.5. The molecular formula is C12H21N3O3S3. The van der Waals surface area contributed by atoms with Crippen LogP contribution in [0.1, 0.15) is 24.9 Å². The second-order valence-corrected chi connectivity index (χ2v) is 9.04. The first kappa shape index (κ1) is 17.2. The van der Waals surface area contributed by atoms with Crippen molar-refractivity contribution in [3.8, 4) is 0 Å². The Morgan fingerprint density at radius 1 is 1.57 bits per heavy atom. The third-order valence-electron chi connectivity index (χ3n) is 3.14. The van der Waals surface area contributed by atoms with Crippen LogP contribution >= 0.6 is 23.3 Å².